The van der Waals surface area contributed by atoms with E-state index < -0.39 is 0 Å². The van der Waals surface area contributed by atoms with Crippen molar-refractivity contribution in [1.29, 1.82) is 0 Å². The molecule has 2 rings (SSSR count). The lowest BCUT2D eigenvalue weighted by Gasteiger charge is -2.15. The van der Waals surface area contributed by atoms with Crippen LogP contribution in [0.1, 0.15) is 24.0 Å². The van der Waals surface area contributed by atoms with Gasteiger partial charge < -0.3 is 20.8 Å². The molecule has 6 heteroatoms. The number of phenols is 1. The van der Waals surface area contributed by atoms with Crippen LogP contribution in [-0.2, 0) is 6.42 Å². The van der Waals surface area contributed by atoms with Crippen LogP contribution >= 0.6 is 24.0 Å². The molecule has 0 aliphatic heterocycles. The molecule has 0 spiro atoms. The van der Waals surface area contributed by atoms with Crippen LogP contribution in [0.4, 0.5) is 0 Å². The highest BCUT2D eigenvalue weighted by Gasteiger charge is 2.09. The van der Waals surface area contributed by atoms with Crippen LogP contribution in [0.2, 0.25) is 0 Å². The maximum Gasteiger partial charge on any atom is 0.191 e. The summed E-state index contributed by atoms with van der Waals surface area (Å²) < 4.78 is 0. The highest BCUT2D eigenvalue weighted by Crippen LogP contribution is 2.15. The van der Waals surface area contributed by atoms with Crippen molar-refractivity contribution in [2.45, 2.75) is 19.3 Å². The molecule has 2 aromatic carbocycles. The van der Waals surface area contributed by atoms with Crippen molar-refractivity contribution in [2.24, 2.45) is 4.99 Å². The number of rotatable bonds is 8. The fraction of sp³-hybridized carbons (Fsp3) is 0.350. The summed E-state index contributed by atoms with van der Waals surface area (Å²) in [5.41, 5.74) is 2.16. The van der Waals surface area contributed by atoms with E-state index in [2.05, 4.69) is 15.6 Å². The summed E-state index contributed by atoms with van der Waals surface area (Å²) >= 11 is 0. The van der Waals surface area contributed by atoms with Crippen LogP contribution in [0.5, 0.6) is 5.75 Å². The molecule has 0 bridgehead atoms. The van der Waals surface area contributed by atoms with E-state index >= 15 is 0 Å². The molecule has 0 heterocycles. The fourth-order valence-electron chi connectivity index (χ4n) is 2.57. The summed E-state index contributed by atoms with van der Waals surface area (Å²) in [7, 11) is 0. The molecule has 142 valence electrons. The second kappa shape index (κ2) is 12.5. The average molecular weight is 469 g/mol. The summed E-state index contributed by atoms with van der Waals surface area (Å²) in [6.45, 7) is 4.09. The molecule has 0 saturated carbocycles. The molecule has 0 aliphatic rings. The minimum absolute atomic E-state index is 0. The lowest BCUT2D eigenvalue weighted by atomic mass is 10.0. The highest BCUT2D eigenvalue weighted by atomic mass is 127. The topological polar surface area (TPSA) is 76.9 Å². The number of hydrogen-bond acceptors (Lipinski definition) is 3. The number of aliphatic imine (C=N–C) groups is 1. The molecule has 0 radical (unpaired) electrons. The zero-order valence-electron chi connectivity index (χ0n) is 15.1. The Kier molecular flexibility index (Phi) is 10.7. The number of halogens is 1. The molecule has 0 saturated heterocycles. The number of guanidine groups is 1. The minimum Gasteiger partial charge on any atom is -0.508 e. The number of aliphatic hydroxyl groups excluding tert-OH is 1. The van der Waals surface area contributed by atoms with Gasteiger partial charge in [0.2, 0.25) is 0 Å². The highest BCUT2D eigenvalue weighted by molar-refractivity contribution is 14.0. The van der Waals surface area contributed by atoms with Crippen LogP contribution in [-0.4, -0.2) is 42.4 Å². The van der Waals surface area contributed by atoms with Crippen molar-refractivity contribution in [3.63, 3.8) is 0 Å². The first-order chi connectivity index (χ1) is 12.2. The molecule has 0 fully saturated rings. The van der Waals surface area contributed by atoms with Gasteiger partial charge in [0.25, 0.3) is 0 Å². The fourth-order valence-corrected chi connectivity index (χ4v) is 2.57. The van der Waals surface area contributed by atoms with Crippen molar-refractivity contribution in [3.05, 3.63) is 65.7 Å². The third kappa shape index (κ3) is 7.61. The van der Waals surface area contributed by atoms with Gasteiger partial charge in [-0.2, -0.15) is 0 Å². The Bertz CT molecular complexity index is 665. The number of aliphatic hydroxyl groups is 1. The first-order valence-corrected chi connectivity index (χ1v) is 8.68. The second-order valence-corrected chi connectivity index (χ2v) is 5.86. The van der Waals surface area contributed by atoms with Gasteiger partial charge in [-0.3, -0.25) is 4.99 Å². The molecule has 0 aromatic heterocycles. The quantitative estimate of drug-likeness (QED) is 0.273. The Morgan fingerprint density at radius 1 is 1.08 bits per heavy atom. The van der Waals surface area contributed by atoms with Gasteiger partial charge in [0, 0.05) is 19.0 Å². The Morgan fingerprint density at radius 2 is 1.85 bits per heavy atom. The van der Waals surface area contributed by atoms with E-state index in [1.54, 1.807) is 12.1 Å². The number of hydrogen-bond donors (Lipinski definition) is 4. The van der Waals surface area contributed by atoms with Crippen molar-refractivity contribution in [3.8, 4) is 5.75 Å². The molecule has 0 amide bonds. The van der Waals surface area contributed by atoms with Gasteiger partial charge in [-0.05, 0) is 36.6 Å². The van der Waals surface area contributed by atoms with Crippen molar-refractivity contribution in [2.75, 3.05) is 26.2 Å². The van der Waals surface area contributed by atoms with E-state index in [0.717, 1.165) is 30.1 Å². The summed E-state index contributed by atoms with van der Waals surface area (Å²) in [5.74, 6) is 1.01. The number of nitrogens with zero attached hydrogens (tertiary/aromatic N) is 1. The Balaban J connectivity index is 0.00000338. The normalized spacial score (nSPS) is 12.2. The third-order valence-electron chi connectivity index (χ3n) is 3.92. The van der Waals surface area contributed by atoms with Gasteiger partial charge in [0.05, 0.1) is 13.2 Å². The zero-order valence-corrected chi connectivity index (χ0v) is 17.4. The third-order valence-corrected chi connectivity index (χ3v) is 3.92. The molecule has 2 aromatic rings. The van der Waals surface area contributed by atoms with E-state index in [0.29, 0.717) is 13.1 Å². The molecule has 1 unspecified atom stereocenters. The number of aromatic hydroxyl groups is 1. The Morgan fingerprint density at radius 3 is 2.50 bits per heavy atom. The maximum atomic E-state index is 9.64. The van der Waals surface area contributed by atoms with Gasteiger partial charge in [-0.1, -0.05) is 42.5 Å². The maximum absolute atomic E-state index is 9.64. The first-order valence-electron chi connectivity index (χ1n) is 8.68. The van der Waals surface area contributed by atoms with E-state index in [-0.39, 0.29) is 42.3 Å². The van der Waals surface area contributed by atoms with Crippen molar-refractivity contribution < 1.29 is 10.2 Å². The van der Waals surface area contributed by atoms with Crippen LogP contribution < -0.4 is 10.6 Å². The molecule has 4 N–H and O–H groups in total. The van der Waals surface area contributed by atoms with Gasteiger partial charge in [-0.15, -0.1) is 24.0 Å². The van der Waals surface area contributed by atoms with Crippen molar-refractivity contribution >= 4 is 29.9 Å². The molecule has 5 nitrogen and oxygen atoms in total. The van der Waals surface area contributed by atoms with Crippen LogP contribution in [0.3, 0.4) is 0 Å². The molecule has 26 heavy (non-hydrogen) atoms. The summed E-state index contributed by atoms with van der Waals surface area (Å²) in [5, 5.41) is 25.7. The average Bonchev–Trinajstić information content (AvgIpc) is 2.63. The predicted octanol–water partition coefficient (Wildman–Crippen LogP) is 2.88. The lowest BCUT2D eigenvalue weighted by molar-refractivity contribution is 0.268. The van der Waals surface area contributed by atoms with E-state index in [4.69, 9.17) is 0 Å². The van der Waals surface area contributed by atoms with Crippen molar-refractivity contribution in [1.82, 2.24) is 10.6 Å². The van der Waals surface area contributed by atoms with E-state index in [9.17, 15) is 10.2 Å². The lowest BCUT2D eigenvalue weighted by Crippen LogP contribution is -2.38. The van der Waals surface area contributed by atoms with Crippen LogP contribution in [0.25, 0.3) is 0 Å². The molecule has 1 atom stereocenters. The Hall–Kier alpha value is -1.80. The monoisotopic (exact) mass is 469 g/mol. The van der Waals surface area contributed by atoms with Gasteiger partial charge >= 0.3 is 0 Å². The van der Waals surface area contributed by atoms with Gasteiger partial charge in [-0.25, -0.2) is 0 Å². The van der Waals surface area contributed by atoms with Crippen LogP contribution in [0.15, 0.2) is 59.6 Å². The number of phenolic OH excluding ortho intramolecular Hbond substituents is 1. The largest absolute Gasteiger partial charge is 0.508 e. The van der Waals surface area contributed by atoms with Gasteiger partial charge in [0.1, 0.15) is 5.75 Å². The standard InChI is InChI=1S/C20H27N3O2.HI/c1-2-21-20(22-12-11-16-7-6-10-19(25)13-16)23-14-18(15-24)17-8-4-3-5-9-17;/h3-10,13,18,24-25H,2,11-12,14-15H2,1H3,(H2,21,22,23);1H. The minimum atomic E-state index is -0.0114. The van der Waals surface area contributed by atoms with Gasteiger partial charge in [0.15, 0.2) is 5.96 Å². The SMILES string of the molecule is CCNC(=NCC(CO)c1ccccc1)NCCc1cccc(O)c1.I. The zero-order chi connectivity index (χ0) is 17.9. The summed E-state index contributed by atoms with van der Waals surface area (Å²) in [6, 6.07) is 17.2. The van der Waals surface area contributed by atoms with E-state index in [1.807, 2.05) is 49.4 Å². The second-order valence-electron chi connectivity index (χ2n) is 5.86. The summed E-state index contributed by atoms with van der Waals surface area (Å²) in [4.78, 5) is 4.59. The number of benzene rings is 2. The molecule has 0 aliphatic carbocycles. The first kappa shape index (κ1) is 22.2. The van der Waals surface area contributed by atoms with Crippen LogP contribution in [0, 0.1) is 0 Å². The predicted molar refractivity (Wildman–Crippen MR) is 117 cm³/mol. The Labute approximate surface area is 172 Å². The smallest absolute Gasteiger partial charge is 0.191 e. The number of nitrogens with one attached hydrogen (secondary N) is 2. The summed E-state index contributed by atoms with van der Waals surface area (Å²) in [6.07, 6.45) is 0.793. The van der Waals surface area contributed by atoms with E-state index in [1.165, 1.54) is 0 Å². The molecular formula is C20H28IN3O2. The molecular weight excluding hydrogens is 441 g/mol.